The zero-order valence-corrected chi connectivity index (χ0v) is 13.7. The molecular weight excluding hydrogens is 304 g/mol. The Labute approximate surface area is 135 Å². The van der Waals surface area contributed by atoms with Gasteiger partial charge in [-0.1, -0.05) is 12.1 Å². The minimum atomic E-state index is -1.16. The highest BCUT2D eigenvalue weighted by atomic mass is 19.2. The number of hydrogen-bond acceptors (Lipinski definition) is 3. The van der Waals surface area contributed by atoms with E-state index in [4.69, 9.17) is 4.74 Å². The van der Waals surface area contributed by atoms with Gasteiger partial charge >= 0.3 is 6.09 Å². The molecule has 1 fully saturated rings. The van der Waals surface area contributed by atoms with Crippen molar-refractivity contribution < 1.29 is 23.4 Å². The van der Waals surface area contributed by atoms with Crippen molar-refractivity contribution in [2.45, 2.75) is 45.3 Å². The van der Waals surface area contributed by atoms with Crippen LogP contribution in [0.2, 0.25) is 0 Å². The Morgan fingerprint density at radius 3 is 2.74 bits per heavy atom. The Morgan fingerprint density at radius 2 is 2.09 bits per heavy atom. The number of likely N-dealkylation sites (tertiary alicyclic amines) is 1. The number of aliphatic hydroxyl groups excluding tert-OH is 1. The number of aliphatic hydroxyl groups is 1. The predicted molar refractivity (Wildman–Crippen MR) is 81.8 cm³/mol. The summed E-state index contributed by atoms with van der Waals surface area (Å²) in [7, 11) is 0. The van der Waals surface area contributed by atoms with Gasteiger partial charge in [0.25, 0.3) is 0 Å². The fourth-order valence-electron chi connectivity index (χ4n) is 2.76. The number of halogens is 2. The summed E-state index contributed by atoms with van der Waals surface area (Å²) in [4.78, 5) is 13.6. The monoisotopic (exact) mass is 327 g/mol. The second-order valence-electron chi connectivity index (χ2n) is 6.92. The normalized spacial score (nSPS) is 20.3. The molecular formula is C17H23F2NO3. The van der Waals surface area contributed by atoms with Crippen LogP contribution in [-0.4, -0.2) is 34.8 Å². The number of amides is 1. The zero-order valence-electron chi connectivity index (χ0n) is 13.7. The minimum Gasteiger partial charge on any atom is -0.444 e. The lowest BCUT2D eigenvalue weighted by Gasteiger charge is -2.36. The Kier molecular flexibility index (Phi) is 5.24. The van der Waals surface area contributed by atoms with E-state index in [1.54, 1.807) is 20.8 Å². The Morgan fingerprint density at radius 1 is 1.39 bits per heavy atom. The smallest absolute Gasteiger partial charge is 0.410 e. The number of nitrogens with zero attached hydrogens (tertiary/aromatic N) is 1. The lowest BCUT2D eigenvalue weighted by Crippen LogP contribution is -2.44. The third kappa shape index (κ3) is 4.41. The van der Waals surface area contributed by atoms with Crippen LogP contribution in [0.15, 0.2) is 18.2 Å². The third-order valence-electron chi connectivity index (χ3n) is 3.86. The van der Waals surface area contributed by atoms with Gasteiger partial charge in [-0.3, -0.25) is 0 Å². The van der Waals surface area contributed by atoms with E-state index in [1.165, 1.54) is 17.0 Å². The lowest BCUT2D eigenvalue weighted by atomic mass is 9.88. The maximum atomic E-state index is 13.8. The molecule has 6 heteroatoms. The minimum absolute atomic E-state index is 0.0685. The quantitative estimate of drug-likeness (QED) is 0.902. The summed E-state index contributed by atoms with van der Waals surface area (Å²) in [6.07, 6.45) is -0.293. The predicted octanol–water partition coefficient (Wildman–Crippen LogP) is 3.65. The maximum absolute atomic E-state index is 13.8. The fourth-order valence-corrected chi connectivity index (χ4v) is 2.76. The van der Waals surface area contributed by atoms with Crippen LogP contribution in [0.25, 0.3) is 0 Å². The number of rotatable bonds is 2. The fraction of sp³-hybridized carbons (Fsp3) is 0.588. The highest BCUT2D eigenvalue weighted by molar-refractivity contribution is 5.68. The van der Waals surface area contributed by atoms with Gasteiger partial charge in [0.2, 0.25) is 0 Å². The molecule has 23 heavy (non-hydrogen) atoms. The molecule has 1 heterocycles. The molecule has 1 aromatic carbocycles. The summed E-state index contributed by atoms with van der Waals surface area (Å²) in [6, 6.07) is 3.75. The van der Waals surface area contributed by atoms with Crippen molar-refractivity contribution in [2.75, 3.05) is 13.1 Å². The van der Waals surface area contributed by atoms with Crippen LogP contribution in [0, 0.1) is 17.6 Å². The Hall–Kier alpha value is -1.69. The standard InChI is InChI=1S/C17H23F2NO3/c1-17(2,3)23-16(22)20-9-5-6-11(10-20)15(21)12-7-4-8-13(18)14(12)19/h4,7-8,11,15,21H,5-6,9-10H2,1-3H3. The number of carbonyl (C=O) groups is 1. The van der Waals surface area contributed by atoms with E-state index < -0.39 is 29.4 Å². The van der Waals surface area contributed by atoms with E-state index in [1.807, 2.05) is 0 Å². The van der Waals surface area contributed by atoms with Gasteiger partial charge in [0.1, 0.15) is 5.60 Å². The van der Waals surface area contributed by atoms with Crippen LogP contribution >= 0.6 is 0 Å². The maximum Gasteiger partial charge on any atom is 0.410 e. The molecule has 2 rings (SSSR count). The van der Waals surface area contributed by atoms with Gasteiger partial charge in [0, 0.05) is 24.6 Å². The molecule has 1 aliphatic heterocycles. The highest BCUT2D eigenvalue weighted by Gasteiger charge is 2.32. The Balaban J connectivity index is 2.08. The first kappa shape index (κ1) is 17.7. The van der Waals surface area contributed by atoms with Gasteiger partial charge in [-0.2, -0.15) is 0 Å². The first-order chi connectivity index (χ1) is 10.7. The van der Waals surface area contributed by atoms with E-state index in [0.717, 1.165) is 6.07 Å². The van der Waals surface area contributed by atoms with Gasteiger partial charge in [0.15, 0.2) is 11.6 Å². The van der Waals surface area contributed by atoms with E-state index in [9.17, 15) is 18.7 Å². The van der Waals surface area contributed by atoms with Gasteiger partial charge in [-0.15, -0.1) is 0 Å². The molecule has 0 bridgehead atoms. The van der Waals surface area contributed by atoms with Gasteiger partial charge in [0.05, 0.1) is 6.10 Å². The molecule has 0 saturated carbocycles. The molecule has 0 radical (unpaired) electrons. The van der Waals surface area contributed by atoms with E-state index in [0.29, 0.717) is 19.4 Å². The summed E-state index contributed by atoms with van der Waals surface area (Å²) >= 11 is 0. The van der Waals surface area contributed by atoms with E-state index >= 15 is 0 Å². The summed E-state index contributed by atoms with van der Waals surface area (Å²) in [6.45, 7) is 6.13. The molecule has 1 aromatic rings. The van der Waals surface area contributed by atoms with Crippen molar-refractivity contribution >= 4 is 6.09 Å². The molecule has 0 spiro atoms. The number of piperidine rings is 1. The second kappa shape index (κ2) is 6.83. The lowest BCUT2D eigenvalue weighted by molar-refractivity contribution is 0.00181. The van der Waals surface area contributed by atoms with E-state index in [2.05, 4.69) is 0 Å². The Bertz CT molecular complexity index is 571. The topological polar surface area (TPSA) is 49.8 Å². The molecule has 0 aliphatic carbocycles. The van der Waals surface area contributed by atoms with Crippen molar-refractivity contribution in [3.63, 3.8) is 0 Å². The summed E-state index contributed by atoms with van der Waals surface area (Å²) in [5.74, 6) is -2.37. The van der Waals surface area contributed by atoms with Crippen molar-refractivity contribution in [3.05, 3.63) is 35.4 Å². The van der Waals surface area contributed by atoms with Gasteiger partial charge in [-0.05, 0) is 39.7 Å². The van der Waals surface area contributed by atoms with Crippen LogP contribution in [0.1, 0.15) is 45.3 Å². The molecule has 1 N–H and O–H groups in total. The van der Waals surface area contributed by atoms with Gasteiger partial charge < -0.3 is 14.7 Å². The molecule has 2 atom stereocenters. The zero-order chi connectivity index (χ0) is 17.2. The summed E-state index contributed by atoms with van der Waals surface area (Å²) in [5.41, 5.74) is -0.668. The van der Waals surface area contributed by atoms with Crippen molar-refractivity contribution in [2.24, 2.45) is 5.92 Å². The van der Waals surface area contributed by atoms with Gasteiger partial charge in [-0.25, -0.2) is 13.6 Å². The first-order valence-electron chi connectivity index (χ1n) is 7.79. The number of ether oxygens (including phenoxy) is 1. The largest absolute Gasteiger partial charge is 0.444 e. The molecule has 4 nitrogen and oxygen atoms in total. The number of hydrogen-bond donors (Lipinski definition) is 1. The van der Waals surface area contributed by atoms with Crippen LogP contribution in [0.5, 0.6) is 0 Å². The molecule has 128 valence electrons. The summed E-state index contributed by atoms with van der Waals surface area (Å²) < 4.78 is 32.5. The highest BCUT2D eigenvalue weighted by Crippen LogP contribution is 2.32. The summed E-state index contributed by atoms with van der Waals surface area (Å²) in [5, 5.41) is 10.4. The SMILES string of the molecule is CC(C)(C)OC(=O)N1CCCC(C(O)c2cccc(F)c2F)C1. The van der Waals surface area contributed by atoms with Crippen LogP contribution in [-0.2, 0) is 4.74 Å². The molecule has 1 amide bonds. The molecule has 1 aliphatic rings. The van der Waals surface area contributed by atoms with Crippen LogP contribution in [0.4, 0.5) is 13.6 Å². The average molecular weight is 327 g/mol. The first-order valence-corrected chi connectivity index (χ1v) is 7.79. The molecule has 1 saturated heterocycles. The van der Waals surface area contributed by atoms with Crippen molar-refractivity contribution in [3.8, 4) is 0 Å². The van der Waals surface area contributed by atoms with Crippen LogP contribution < -0.4 is 0 Å². The van der Waals surface area contributed by atoms with Crippen LogP contribution in [0.3, 0.4) is 0 Å². The average Bonchev–Trinajstić information content (AvgIpc) is 2.48. The van der Waals surface area contributed by atoms with Crippen molar-refractivity contribution in [1.82, 2.24) is 4.90 Å². The van der Waals surface area contributed by atoms with Crippen molar-refractivity contribution in [1.29, 1.82) is 0 Å². The number of benzene rings is 1. The molecule has 2 unspecified atom stereocenters. The third-order valence-corrected chi connectivity index (χ3v) is 3.86. The second-order valence-corrected chi connectivity index (χ2v) is 6.92. The number of carbonyl (C=O) groups excluding carboxylic acids is 1. The molecule has 0 aromatic heterocycles. The van der Waals surface area contributed by atoms with E-state index in [-0.39, 0.29) is 18.0 Å².